The minimum Gasteiger partial charge on any atom is -0.465 e. The van der Waals surface area contributed by atoms with E-state index in [-0.39, 0.29) is 5.97 Å². The lowest BCUT2D eigenvalue weighted by molar-refractivity contribution is -0.151. The molecule has 2 rings (SSSR count). The van der Waals surface area contributed by atoms with Crippen LogP contribution in [0.5, 0.6) is 0 Å². The van der Waals surface area contributed by atoms with E-state index in [1.54, 1.807) is 0 Å². The molecule has 100 valence electrons. The van der Waals surface area contributed by atoms with Crippen LogP contribution in [-0.4, -0.2) is 12.6 Å². The van der Waals surface area contributed by atoms with Gasteiger partial charge in [0.15, 0.2) is 0 Å². The molecule has 0 saturated heterocycles. The summed E-state index contributed by atoms with van der Waals surface area (Å²) in [6.45, 7) is 6.07. The smallest absolute Gasteiger partial charge is 0.316 e. The molecule has 0 fully saturated rings. The fraction of sp³-hybridized carbons (Fsp3) is 0.353. The van der Waals surface area contributed by atoms with Gasteiger partial charge in [-0.3, -0.25) is 4.79 Å². The second-order valence-electron chi connectivity index (χ2n) is 4.82. The van der Waals surface area contributed by atoms with Gasteiger partial charge in [-0.25, -0.2) is 0 Å². The standard InChI is InChI=1S/C17H20O2/c1-3-12-17(16(18)19-4-2)13-8-11-15(17)14-9-6-5-7-10-14/h3,5-7,9-11H,1,4,8,12-13H2,2H3. The third kappa shape index (κ3) is 2.48. The van der Waals surface area contributed by atoms with Gasteiger partial charge in [-0.1, -0.05) is 42.5 Å². The Morgan fingerprint density at radius 1 is 1.42 bits per heavy atom. The first-order valence-corrected chi connectivity index (χ1v) is 6.79. The van der Waals surface area contributed by atoms with E-state index >= 15 is 0 Å². The lowest BCUT2D eigenvalue weighted by atomic mass is 9.75. The van der Waals surface area contributed by atoms with Crippen molar-refractivity contribution in [2.24, 2.45) is 5.41 Å². The van der Waals surface area contributed by atoms with E-state index in [0.29, 0.717) is 13.0 Å². The highest BCUT2D eigenvalue weighted by molar-refractivity contribution is 5.94. The molecule has 0 heterocycles. The predicted octanol–water partition coefficient (Wildman–Crippen LogP) is 3.99. The lowest BCUT2D eigenvalue weighted by Crippen LogP contribution is -2.32. The van der Waals surface area contributed by atoms with Crippen molar-refractivity contribution in [2.45, 2.75) is 26.2 Å². The van der Waals surface area contributed by atoms with Crippen molar-refractivity contribution >= 4 is 11.5 Å². The van der Waals surface area contributed by atoms with E-state index in [9.17, 15) is 4.79 Å². The molecule has 19 heavy (non-hydrogen) atoms. The van der Waals surface area contributed by atoms with Crippen LogP contribution in [-0.2, 0) is 9.53 Å². The first-order chi connectivity index (χ1) is 9.24. The second-order valence-corrected chi connectivity index (χ2v) is 4.82. The zero-order valence-corrected chi connectivity index (χ0v) is 11.4. The van der Waals surface area contributed by atoms with Gasteiger partial charge < -0.3 is 4.74 Å². The summed E-state index contributed by atoms with van der Waals surface area (Å²) in [5.74, 6) is -0.123. The molecule has 2 nitrogen and oxygen atoms in total. The monoisotopic (exact) mass is 256 g/mol. The molecule has 0 spiro atoms. The number of hydrogen-bond donors (Lipinski definition) is 0. The van der Waals surface area contributed by atoms with E-state index in [4.69, 9.17) is 4.74 Å². The van der Waals surface area contributed by atoms with E-state index in [0.717, 1.165) is 24.0 Å². The lowest BCUT2D eigenvalue weighted by Gasteiger charge is -2.29. The molecular formula is C17H20O2. The van der Waals surface area contributed by atoms with Gasteiger partial charge in [-0.15, -0.1) is 6.58 Å². The number of carbonyl (C=O) groups is 1. The number of rotatable bonds is 5. The largest absolute Gasteiger partial charge is 0.465 e. The van der Waals surface area contributed by atoms with Crippen molar-refractivity contribution in [1.82, 2.24) is 0 Å². The SMILES string of the molecule is C=CCC1(C(=O)OCC)CCC=C1c1ccccc1. The van der Waals surface area contributed by atoms with Gasteiger partial charge in [0.25, 0.3) is 0 Å². The molecule has 1 aliphatic rings. The Labute approximate surface area is 114 Å². The maximum absolute atomic E-state index is 12.4. The van der Waals surface area contributed by atoms with Crippen LogP contribution in [0.3, 0.4) is 0 Å². The topological polar surface area (TPSA) is 26.3 Å². The van der Waals surface area contributed by atoms with Crippen LogP contribution in [0.2, 0.25) is 0 Å². The summed E-state index contributed by atoms with van der Waals surface area (Å²) < 4.78 is 5.31. The normalized spacial score (nSPS) is 21.8. The zero-order chi connectivity index (χ0) is 13.7. The van der Waals surface area contributed by atoms with Gasteiger partial charge in [0.05, 0.1) is 12.0 Å². The molecule has 0 aliphatic heterocycles. The van der Waals surface area contributed by atoms with E-state index in [1.807, 2.05) is 43.3 Å². The summed E-state index contributed by atoms with van der Waals surface area (Å²) in [6.07, 6.45) is 6.33. The van der Waals surface area contributed by atoms with Gasteiger partial charge in [-0.05, 0) is 37.3 Å². The summed E-state index contributed by atoms with van der Waals surface area (Å²) in [7, 11) is 0. The summed E-state index contributed by atoms with van der Waals surface area (Å²) >= 11 is 0. The maximum atomic E-state index is 12.4. The summed E-state index contributed by atoms with van der Waals surface area (Å²) in [4.78, 5) is 12.4. The van der Waals surface area contributed by atoms with Crippen molar-refractivity contribution in [2.75, 3.05) is 6.61 Å². The first-order valence-electron chi connectivity index (χ1n) is 6.79. The molecule has 1 aliphatic carbocycles. The summed E-state index contributed by atoms with van der Waals surface area (Å²) in [5.41, 5.74) is 1.65. The van der Waals surface area contributed by atoms with Gasteiger partial charge in [-0.2, -0.15) is 0 Å². The quantitative estimate of drug-likeness (QED) is 0.588. The van der Waals surface area contributed by atoms with Crippen LogP contribution < -0.4 is 0 Å². The van der Waals surface area contributed by atoms with Gasteiger partial charge in [0.2, 0.25) is 0 Å². The molecule has 0 radical (unpaired) electrons. The van der Waals surface area contributed by atoms with Crippen molar-refractivity contribution < 1.29 is 9.53 Å². The molecular weight excluding hydrogens is 236 g/mol. The highest BCUT2D eigenvalue weighted by Crippen LogP contribution is 2.48. The van der Waals surface area contributed by atoms with E-state index < -0.39 is 5.41 Å². The van der Waals surface area contributed by atoms with Crippen LogP contribution in [0.15, 0.2) is 49.1 Å². The second kappa shape index (κ2) is 5.87. The molecule has 0 aromatic heterocycles. The molecule has 0 amide bonds. The number of allylic oxidation sites excluding steroid dienone is 2. The number of benzene rings is 1. The number of esters is 1. The molecule has 1 aromatic carbocycles. The van der Waals surface area contributed by atoms with E-state index in [1.165, 1.54) is 0 Å². The van der Waals surface area contributed by atoms with Gasteiger partial charge in [0, 0.05) is 0 Å². The fourth-order valence-corrected chi connectivity index (χ4v) is 2.83. The first kappa shape index (κ1) is 13.6. The van der Waals surface area contributed by atoms with Crippen LogP contribution >= 0.6 is 0 Å². The molecule has 0 N–H and O–H groups in total. The Balaban J connectivity index is 2.40. The Morgan fingerprint density at radius 2 is 2.16 bits per heavy atom. The molecule has 0 saturated carbocycles. The Morgan fingerprint density at radius 3 is 2.79 bits per heavy atom. The summed E-state index contributed by atoms with van der Waals surface area (Å²) in [6, 6.07) is 10.1. The van der Waals surface area contributed by atoms with Gasteiger partial charge >= 0.3 is 5.97 Å². The average molecular weight is 256 g/mol. The number of ether oxygens (including phenoxy) is 1. The van der Waals surface area contributed by atoms with E-state index in [2.05, 4.69) is 12.7 Å². The van der Waals surface area contributed by atoms with Crippen LogP contribution in [0.25, 0.3) is 5.57 Å². The third-order valence-corrected chi connectivity index (χ3v) is 3.68. The highest BCUT2D eigenvalue weighted by atomic mass is 16.5. The minimum absolute atomic E-state index is 0.123. The minimum atomic E-state index is -0.543. The van der Waals surface area contributed by atoms with Gasteiger partial charge in [0.1, 0.15) is 0 Å². The maximum Gasteiger partial charge on any atom is 0.316 e. The Hall–Kier alpha value is -1.83. The highest BCUT2D eigenvalue weighted by Gasteiger charge is 2.44. The molecule has 1 atom stereocenters. The van der Waals surface area contributed by atoms with Crippen molar-refractivity contribution in [3.8, 4) is 0 Å². The molecule has 1 aromatic rings. The number of hydrogen-bond acceptors (Lipinski definition) is 2. The predicted molar refractivity (Wildman–Crippen MR) is 77.5 cm³/mol. The molecule has 2 heteroatoms. The van der Waals surface area contributed by atoms with Crippen molar-refractivity contribution in [3.05, 3.63) is 54.6 Å². The summed E-state index contributed by atoms with van der Waals surface area (Å²) in [5, 5.41) is 0. The number of carbonyl (C=O) groups excluding carboxylic acids is 1. The van der Waals surface area contributed by atoms with Crippen LogP contribution in [0.1, 0.15) is 31.7 Å². The van der Waals surface area contributed by atoms with Crippen molar-refractivity contribution in [1.29, 1.82) is 0 Å². The zero-order valence-electron chi connectivity index (χ0n) is 11.4. The Bertz CT molecular complexity index is 487. The van der Waals surface area contributed by atoms with Crippen LogP contribution in [0.4, 0.5) is 0 Å². The molecule has 1 unspecified atom stereocenters. The third-order valence-electron chi connectivity index (χ3n) is 3.68. The molecule has 0 bridgehead atoms. The fourth-order valence-electron chi connectivity index (χ4n) is 2.83. The van der Waals surface area contributed by atoms with Crippen LogP contribution in [0, 0.1) is 5.41 Å². The average Bonchev–Trinajstić information content (AvgIpc) is 2.85. The Kier molecular flexibility index (Phi) is 4.20. The van der Waals surface area contributed by atoms with Crippen molar-refractivity contribution in [3.63, 3.8) is 0 Å².